The van der Waals surface area contributed by atoms with Gasteiger partial charge in [-0.1, -0.05) is 30.0 Å². The first-order chi connectivity index (χ1) is 8.88. The summed E-state index contributed by atoms with van der Waals surface area (Å²) < 4.78 is 5.65. The van der Waals surface area contributed by atoms with E-state index >= 15 is 0 Å². The van der Waals surface area contributed by atoms with E-state index in [1.807, 2.05) is 54.6 Å². The van der Waals surface area contributed by atoms with Crippen LogP contribution >= 0.6 is 0 Å². The molecule has 0 saturated carbocycles. The minimum Gasteiger partial charge on any atom is -0.457 e. The molecule has 2 rings (SSSR count). The summed E-state index contributed by atoms with van der Waals surface area (Å²) in [5, 5.41) is 0. The molecule has 0 N–H and O–H groups in total. The van der Waals surface area contributed by atoms with Crippen LogP contribution in [-0.2, 0) is 4.79 Å². The molecule has 0 aliphatic rings. The number of carbonyl (C=O) groups is 1. The second-order valence-corrected chi connectivity index (χ2v) is 3.61. The van der Waals surface area contributed by atoms with Crippen LogP contribution in [0.5, 0.6) is 11.5 Å². The van der Waals surface area contributed by atoms with Crippen molar-refractivity contribution in [3.63, 3.8) is 0 Å². The second kappa shape index (κ2) is 6.27. The number of hydrogen-bond donors (Lipinski definition) is 0. The highest BCUT2D eigenvalue weighted by molar-refractivity contribution is 5.55. The summed E-state index contributed by atoms with van der Waals surface area (Å²) in [6.45, 7) is 0. The first-order valence-corrected chi connectivity index (χ1v) is 5.64. The van der Waals surface area contributed by atoms with Gasteiger partial charge in [-0.05, 0) is 36.4 Å². The zero-order valence-corrected chi connectivity index (χ0v) is 9.80. The van der Waals surface area contributed by atoms with Crippen LogP contribution in [0.15, 0.2) is 54.6 Å². The number of hydrogen-bond acceptors (Lipinski definition) is 2. The maximum atomic E-state index is 10.1. The predicted molar refractivity (Wildman–Crippen MR) is 70.5 cm³/mol. The summed E-state index contributed by atoms with van der Waals surface area (Å²) in [7, 11) is 0. The Hall–Kier alpha value is -2.53. The fraction of sp³-hybridized carbons (Fsp3) is 0.0625. The Labute approximate surface area is 106 Å². The van der Waals surface area contributed by atoms with Crippen molar-refractivity contribution in [1.82, 2.24) is 0 Å². The fourth-order valence-corrected chi connectivity index (χ4v) is 1.43. The number of ether oxygens (including phenoxy) is 1. The average molecular weight is 236 g/mol. The van der Waals surface area contributed by atoms with Crippen molar-refractivity contribution >= 4 is 6.29 Å². The Kier molecular flexibility index (Phi) is 4.16. The molecule has 0 aliphatic heterocycles. The van der Waals surface area contributed by atoms with E-state index in [9.17, 15) is 4.79 Å². The third-order valence-corrected chi connectivity index (χ3v) is 2.25. The van der Waals surface area contributed by atoms with E-state index in [1.54, 1.807) is 0 Å². The van der Waals surface area contributed by atoms with E-state index < -0.39 is 0 Å². The molecule has 0 aromatic heterocycles. The van der Waals surface area contributed by atoms with E-state index in [-0.39, 0.29) is 6.42 Å². The lowest BCUT2D eigenvalue weighted by Gasteiger charge is -2.04. The molecule has 0 bridgehead atoms. The van der Waals surface area contributed by atoms with Crippen LogP contribution in [0.1, 0.15) is 12.0 Å². The zero-order chi connectivity index (χ0) is 12.6. The third kappa shape index (κ3) is 3.50. The molecule has 0 fully saturated rings. The monoisotopic (exact) mass is 236 g/mol. The predicted octanol–water partition coefficient (Wildman–Crippen LogP) is 3.42. The summed E-state index contributed by atoms with van der Waals surface area (Å²) in [4.78, 5) is 10.1. The molecular formula is C16H12O2. The van der Waals surface area contributed by atoms with E-state index in [0.29, 0.717) is 0 Å². The molecule has 2 aromatic carbocycles. The minimum absolute atomic E-state index is 0.266. The standard InChI is InChI=1S/C16H12O2/c17-13-5-4-6-14-9-11-16(12-10-14)18-15-7-2-1-3-8-15/h1-3,7-13H,5H2. The maximum Gasteiger partial charge on any atom is 0.131 e. The highest BCUT2D eigenvalue weighted by atomic mass is 16.5. The lowest BCUT2D eigenvalue weighted by molar-refractivity contribution is -0.107. The van der Waals surface area contributed by atoms with Crippen molar-refractivity contribution in [2.24, 2.45) is 0 Å². The van der Waals surface area contributed by atoms with E-state index in [1.165, 1.54) is 0 Å². The van der Waals surface area contributed by atoms with Crippen molar-refractivity contribution in [2.75, 3.05) is 0 Å². The molecule has 18 heavy (non-hydrogen) atoms. The van der Waals surface area contributed by atoms with Crippen molar-refractivity contribution in [2.45, 2.75) is 6.42 Å². The number of aldehydes is 1. The fourth-order valence-electron chi connectivity index (χ4n) is 1.43. The van der Waals surface area contributed by atoms with Gasteiger partial charge in [-0.3, -0.25) is 0 Å². The molecule has 0 heterocycles. The van der Waals surface area contributed by atoms with Crippen molar-refractivity contribution in [1.29, 1.82) is 0 Å². The van der Waals surface area contributed by atoms with Crippen LogP contribution in [0.3, 0.4) is 0 Å². The summed E-state index contributed by atoms with van der Waals surface area (Å²) >= 11 is 0. The lowest BCUT2D eigenvalue weighted by atomic mass is 10.2. The molecule has 2 nitrogen and oxygen atoms in total. The quantitative estimate of drug-likeness (QED) is 0.603. The van der Waals surface area contributed by atoms with Gasteiger partial charge in [0.25, 0.3) is 0 Å². The molecule has 0 aliphatic carbocycles. The van der Waals surface area contributed by atoms with Gasteiger partial charge in [0.05, 0.1) is 6.42 Å². The zero-order valence-electron chi connectivity index (χ0n) is 9.80. The topological polar surface area (TPSA) is 26.3 Å². The molecule has 2 heteroatoms. The Morgan fingerprint density at radius 1 is 0.944 bits per heavy atom. The lowest BCUT2D eigenvalue weighted by Crippen LogP contribution is -1.83. The highest BCUT2D eigenvalue weighted by Gasteiger charge is 1.95. The van der Waals surface area contributed by atoms with Gasteiger partial charge in [-0.15, -0.1) is 0 Å². The Balaban J connectivity index is 2.05. The first-order valence-electron chi connectivity index (χ1n) is 5.64. The number of carbonyl (C=O) groups excluding carboxylic acids is 1. The molecule has 0 atom stereocenters. The summed E-state index contributed by atoms with van der Waals surface area (Å²) in [6, 6.07) is 17.1. The molecule has 0 spiro atoms. The van der Waals surface area contributed by atoms with Crippen molar-refractivity contribution in [3.8, 4) is 23.3 Å². The van der Waals surface area contributed by atoms with Crippen LogP contribution < -0.4 is 4.74 Å². The molecule has 0 radical (unpaired) electrons. The SMILES string of the molecule is O=CCC#Cc1ccc(Oc2ccccc2)cc1. The molecule has 0 amide bonds. The van der Waals surface area contributed by atoms with Gasteiger partial charge < -0.3 is 9.53 Å². The normalized spacial score (nSPS) is 9.11. The smallest absolute Gasteiger partial charge is 0.131 e. The first kappa shape index (κ1) is 11.9. The van der Waals surface area contributed by atoms with Gasteiger partial charge in [-0.25, -0.2) is 0 Å². The number of rotatable bonds is 3. The van der Waals surface area contributed by atoms with Gasteiger partial charge in [0, 0.05) is 5.56 Å². The van der Waals surface area contributed by atoms with E-state index in [2.05, 4.69) is 11.8 Å². The average Bonchev–Trinajstić information content (AvgIpc) is 2.42. The van der Waals surface area contributed by atoms with E-state index in [0.717, 1.165) is 23.3 Å². The Morgan fingerprint density at radius 2 is 1.61 bits per heavy atom. The van der Waals surface area contributed by atoms with Gasteiger partial charge in [-0.2, -0.15) is 0 Å². The van der Waals surface area contributed by atoms with Gasteiger partial charge in [0.15, 0.2) is 0 Å². The molecule has 0 unspecified atom stereocenters. The summed E-state index contributed by atoms with van der Waals surface area (Å²) in [6.07, 6.45) is 1.06. The van der Waals surface area contributed by atoms with Crippen molar-refractivity contribution < 1.29 is 9.53 Å². The maximum absolute atomic E-state index is 10.1. The van der Waals surface area contributed by atoms with Crippen LogP contribution in [0.4, 0.5) is 0 Å². The van der Waals surface area contributed by atoms with Crippen molar-refractivity contribution in [3.05, 3.63) is 60.2 Å². The Morgan fingerprint density at radius 3 is 2.28 bits per heavy atom. The van der Waals surface area contributed by atoms with Gasteiger partial charge in [0.2, 0.25) is 0 Å². The van der Waals surface area contributed by atoms with Crippen LogP contribution in [-0.4, -0.2) is 6.29 Å². The third-order valence-electron chi connectivity index (χ3n) is 2.25. The molecule has 2 aromatic rings. The largest absolute Gasteiger partial charge is 0.457 e. The number of para-hydroxylation sites is 1. The van der Waals surface area contributed by atoms with Crippen LogP contribution in [0, 0.1) is 11.8 Å². The van der Waals surface area contributed by atoms with Gasteiger partial charge >= 0.3 is 0 Å². The molecule has 88 valence electrons. The molecular weight excluding hydrogens is 224 g/mol. The molecule has 0 saturated heterocycles. The summed E-state index contributed by atoms with van der Waals surface area (Å²) in [5.74, 6) is 7.23. The Bertz CT molecular complexity index is 560. The van der Waals surface area contributed by atoms with E-state index in [4.69, 9.17) is 4.74 Å². The number of benzene rings is 2. The highest BCUT2D eigenvalue weighted by Crippen LogP contribution is 2.20. The second-order valence-electron chi connectivity index (χ2n) is 3.61. The minimum atomic E-state index is 0.266. The van der Waals surface area contributed by atoms with Gasteiger partial charge in [0.1, 0.15) is 17.8 Å². The summed E-state index contributed by atoms with van der Waals surface area (Å²) in [5.41, 5.74) is 0.872. The van der Waals surface area contributed by atoms with Crippen LogP contribution in [0.25, 0.3) is 0 Å². The van der Waals surface area contributed by atoms with Crippen LogP contribution in [0.2, 0.25) is 0 Å².